The maximum Gasteiger partial charge on any atom is 0.308 e. The molecule has 2 N–H and O–H groups in total. The normalized spacial score (nSPS) is 14.4. The van der Waals surface area contributed by atoms with Gasteiger partial charge in [-0.05, 0) is 31.2 Å². The van der Waals surface area contributed by atoms with Gasteiger partial charge in [0.15, 0.2) is 0 Å². The lowest BCUT2D eigenvalue weighted by molar-refractivity contribution is -0.143. The van der Waals surface area contributed by atoms with Crippen LogP contribution < -0.4 is 5.32 Å². The Balaban J connectivity index is 2.96. The first kappa shape index (κ1) is 13.2. The molecular weight excluding hydrogens is 270 g/mol. The Labute approximate surface area is 104 Å². The van der Waals surface area contributed by atoms with Crippen molar-refractivity contribution in [2.75, 3.05) is 7.05 Å². The van der Waals surface area contributed by atoms with Crippen molar-refractivity contribution in [2.24, 2.45) is 5.92 Å². The van der Waals surface area contributed by atoms with Crippen molar-refractivity contribution >= 4 is 21.9 Å². The van der Waals surface area contributed by atoms with Crippen molar-refractivity contribution in [1.82, 2.24) is 5.32 Å². The lowest BCUT2D eigenvalue weighted by atomic mass is 9.91. The van der Waals surface area contributed by atoms with Gasteiger partial charge in [0.2, 0.25) is 0 Å². The molecule has 3 nitrogen and oxygen atoms in total. The molecule has 16 heavy (non-hydrogen) atoms. The predicted octanol–water partition coefficient (Wildman–Crippen LogP) is 2.82. The SMILES string of the molecule is CCC(C(=O)O)C(NC)c1ccc(Br)cc1. The number of rotatable bonds is 5. The first-order valence-electron chi connectivity index (χ1n) is 5.25. The Morgan fingerprint density at radius 3 is 2.38 bits per heavy atom. The van der Waals surface area contributed by atoms with Crippen LogP contribution in [0, 0.1) is 5.92 Å². The van der Waals surface area contributed by atoms with Crippen LogP contribution in [0.2, 0.25) is 0 Å². The van der Waals surface area contributed by atoms with Crippen LogP contribution in [0.15, 0.2) is 28.7 Å². The molecule has 0 heterocycles. The number of carboxylic acid groups (broad SMARTS) is 1. The Kier molecular flexibility index (Phi) is 4.96. The van der Waals surface area contributed by atoms with Gasteiger partial charge in [0, 0.05) is 10.5 Å². The largest absolute Gasteiger partial charge is 0.481 e. The number of aliphatic carboxylic acids is 1. The van der Waals surface area contributed by atoms with E-state index in [9.17, 15) is 4.79 Å². The maximum atomic E-state index is 11.1. The Morgan fingerprint density at radius 2 is 2.00 bits per heavy atom. The number of carboxylic acids is 1. The molecule has 0 aliphatic rings. The lowest BCUT2D eigenvalue weighted by Gasteiger charge is -2.23. The first-order chi connectivity index (χ1) is 7.60. The van der Waals surface area contributed by atoms with Crippen molar-refractivity contribution in [1.29, 1.82) is 0 Å². The minimum Gasteiger partial charge on any atom is -0.481 e. The molecule has 0 aliphatic heterocycles. The second kappa shape index (κ2) is 6.01. The zero-order valence-electron chi connectivity index (χ0n) is 9.40. The van der Waals surface area contributed by atoms with Gasteiger partial charge in [-0.3, -0.25) is 4.79 Å². The van der Waals surface area contributed by atoms with Crippen molar-refractivity contribution in [2.45, 2.75) is 19.4 Å². The molecule has 2 unspecified atom stereocenters. The van der Waals surface area contributed by atoms with E-state index >= 15 is 0 Å². The summed E-state index contributed by atoms with van der Waals surface area (Å²) in [5, 5.41) is 12.2. The summed E-state index contributed by atoms with van der Waals surface area (Å²) in [5.41, 5.74) is 1.000. The molecule has 0 aromatic heterocycles. The average molecular weight is 286 g/mol. The van der Waals surface area contributed by atoms with Crippen LogP contribution in [-0.2, 0) is 4.79 Å². The number of halogens is 1. The summed E-state index contributed by atoms with van der Waals surface area (Å²) in [6.45, 7) is 1.89. The fourth-order valence-corrected chi connectivity index (χ4v) is 2.09. The molecule has 0 amide bonds. The van der Waals surface area contributed by atoms with Gasteiger partial charge in [-0.15, -0.1) is 0 Å². The van der Waals surface area contributed by atoms with E-state index in [2.05, 4.69) is 21.2 Å². The second-order valence-corrected chi connectivity index (χ2v) is 4.59. The van der Waals surface area contributed by atoms with Gasteiger partial charge in [0.1, 0.15) is 0 Å². The fourth-order valence-electron chi connectivity index (χ4n) is 1.82. The van der Waals surface area contributed by atoms with Crippen LogP contribution in [0.3, 0.4) is 0 Å². The highest BCUT2D eigenvalue weighted by molar-refractivity contribution is 9.10. The van der Waals surface area contributed by atoms with E-state index < -0.39 is 11.9 Å². The summed E-state index contributed by atoms with van der Waals surface area (Å²) in [6.07, 6.45) is 0.608. The summed E-state index contributed by atoms with van der Waals surface area (Å²) >= 11 is 3.36. The van der Waals surface area contributed by atoms with Crippen LogP contribution in [0.4, 0.5) is 0 Å². The van der Waals surface area contributed by atoms with E-state index in [-0.39, 0.29) is 6.04 Å². The predicted molar refractivity (Wildman–Crippen MR) is 67.4 cm³/mol. The standard InChI is InChI=1S/C12H16BrNO2/c1-3-10(12(15)16)11(14-2)8-4-6-9(13)7-5-8/h4-7,10-11,14H,3H2,1-2H3,(H,15,16). The molecule has 1 rings (SSSR count). The molecule has 1 aromatic rings. The first-order valence-corrected chi connectivity index (χ1v) is 6.05. The van der Waals surface area contributed by atoms with Gasteiger partial charge in [0.25, 0.3) is 0 Å². The van der Waals surface area contributed by atoms with E-state index in [1.165, 1.54) is 0 Å². The van der Waals surface area contributed by atoms with Crippen molar-refractivity contribution < 1.29 is 9.90 Å². The molecule has 0 radical (unpaired) electrons. The van der Waals surface area contributed by atoms with Gasteiger partial charge in [0.05, 0.1) is 5.92 Å². The molecule has 4 heteroatoms. The molecule has 0 aliphatic carbocycles. The summed E-state index contributed by atoms with van der Waals surface area (Å²) in [7, 11) is 1.79. The molecule has 0 saturated carbocycles. The summed E-state index contributed by atoms with van der Waals surface area (Å²) < 4.78 is 0.995. The molecule has 2 atom stereocenters. The van der Waals surface area contributed by atoms with Crippen molar-refractivity contribution in [3.8, 4) is 0 Å². The van der Waals surface area contributed by atoms with Crippen LogP contribution in [0.5, 0.6) is 0 Å². The van der Waals surface area contributed by atoms with E-state index in [0.717, 1.165) is 10.0 Å². The lowest BCUT2D eigenvalue weighted by Crippen LogP contribution is -2.30. The van der Waals surface area contributed by atoms with E-state index in [1.807, 2.05) is 31.2 Å². The van der Waals surface area contributed by atoms with Crippen LogP contribution in [0.25, 0.3) is 0 Å². The summed E-state index contributed by atoms with van der Waals surface area (Å²) in [4.78, 5) is 11.1. The number of hydrogen-bond donors (Lipinski definition) is 2. The van der Waals surface area contributed by atoms with E-state index in [1.54, 1.807) is 7.05 Å². The molecule has 0 bridgehead atoms. The van der Waals surface area contributed by atoms with Crippen LogP contribution in [0.1, 0.15) is 24.9 Å². The third-order valence-corrected chi connectivity index (χ3v) is 3.23. The molecule has 88 valence electrons. The number of benzene rings is 1. The molecule has 0 saturated heterocycles. The third kappa shape index (κ3) is 3.06. The minimum absolute atomic E-state index is 0.143. The molecule has 0 spiro atoms. The van der Waals surface area contributed by atoms with Gasteiger partial charge < -0.3 is 10.4 Å². The topological polar surface area (TPSA) is 49.3 Å². The minimum atomic E-state index is -0.759. The van der Waals surface area contributed by atoms with Crippen molar-refractivity contribution in [3.05, 3.63) is 34.3 Å². The number of carbonyl (C=O) groups is 1. The molecular formula is C12H16BrNO2. The van der Waals surface area contributed by atoms with Gasteiger partial charge in [-0.2, -0.15) is 0 Å². The van der Waals surface area contributed by atoms with Gasteiger partial charge in [-0.1, -0.05) is 35.0 Å². The second-order valence-electron chi connectivity index (χ2n) is 3.67. The highest BCUT2D eigenvalue weighted by atomic mass is 79.9. The maximum absolute atomic E-state index is 11.1. The fraction of sp³-hybridized carbons (Fsp3) is 0.417. The highest BCUT2D eigenvalue weighted by Crippen LogP contribution is 2.25. The summed E-state index contributed by atoms with van der Waals surface area (Å²) in [5.74, 6) is -1.16. The molecule has 1 aromatic carbocycles. The third-order valence-electron chi connectivity index (χ3n) is 2.70. The zero-order chi connectivity index (χ0) is 12.1. The Morgan fingerprint density at radius 1 is 1.44 bits per heavy atom. The Hall–Kier alpha value is -0.870. The van der Waals surface area contributed by atoms with Crippen LogP contribution >= 0.6 is 15.9 Å². The quantitative estimate of drug-likeness (QED) is 0.875. The van der Waals surface area contributed by atoms with E-state index in [4.69, 9.17) is 5.11 Å². The number of nitrogens with one attached hydrogen (secondary N) is 1. The summed E-state index contributed by atoms with van der Waals surface area (Å²) in [6, 6.07) is 7.59. The number of hydrogen-bond acceptors (Lipinski definition) is 2. The molecule has 0 fully saturated rings. The van der Waals surface area contributed by atoms with Crippen LogP contribution in [-0.4, -0.2) is 18.1 Å². The zero-order valence-corrected chi connectivity index (χ0v) is 11.0. The van der Waals surface area contributed by atoms with Gasteiger partial charge in [-0.25, -0.2) is 0 Å². The smallest absolute Gasteiger partial charge is 0.308 e. The Bertz CT molecular complexity index is 351. The van der Waals surface area contributed by atoms with Gasteiger partial charge >= 0.3 is 5.97 Å². The highest BCUT2D eigenvalue weighted by Gasteiger charge is 2.26. The van der Waals surface area contributed by atoms with E-state index in [0.29, 0.717) is 6.42 Å². The average Bonchev–Trinajstić information content (AvgIpc) is 2.26. The monoisotopic (exact) mass is 285 g/mol. The van der Waals surface area contributed by atoms with Crippen molar-refractivity contribution in [3.63, 3.8) is 0 Å².